The number of alkyl halides is 6. The van der Waals surface area contributed by atoms with E-state index in [1.807, 2.05) is 0 Å². The highest BCUT2D eigenvalue weighted by molar-refractivity contribution is 8.00. The summed E-state index contributed by atoms with van der Waals surface area (Å²) >= 11 is -0.709. The molecule has 0 saturated heterocycles. The summed E-state index contributed by atoms with van der Waals surface area (Å²) in [6.45, 7) is 0. The molecule has 0 spiro atoms. The second-order valence-electron chi connectivity index (χ2n) is 2.98. The van der Waals surface area contributed by atoms with E-state index in [1.54, 1.807) is 0 Å². The number of nitro groups is 1. The van der Waals surface area contributed by atoms with E-state index in [4.69, 9.17) is 0 Å². The lowest BCUT2D eigenvalue weighted by Crippen LogP contribution is -2.18. The van der Waals surface area contributed by atoms with Gasteiger partial charge in [0.1, 0.15) is 0 Å². The maximum Gasteiger partial charge on any atom is 0.573 e. The largest absolute Gasteiger partial charge is 0.573 e. The summed E-state index contributed by atoms with van der Waals surface area (Å²) in [7, 11) is 0. The first-order valence-corrected chi connectivity index (χ1v) is 5.09. The van der Waals surface area contributed by atoms with Gasteiger partial charge in [-0.05, 0) is 17.8 Å². The van der Waals surface area contributed by atoms with Crippen molar-refractivity contribution in [3.8, 4) is 5.75 Å². The van der Waals surface area contributed by atoms with E-state index >= 15 is 0 Å². The fraction of sp³-hybridized carbons (Fsp3) is 0.250. The van der Waals surface area contributed by atoms with Crippen LogP contribution in [0.1, 0.15) is 0 Å². The fourth-order valence-corrected chi connectivity index (χ4v) is 1.62. The van der Waals surface area contributed by atoms with E-state index in [9.17, 15) is 36.5 Å². The first-order valence-electron chi connectivity index (χ1n) is 4.28. The molecule has 0 bridgehead atoms. The number of rotatable bonds is 3. The van der Waals surface area contributed by atoms with E-state index in [1.165, 1.54) is 0 Å². The van der Waals surface area contributed by atoms with Crippen molar-refractivity contribution in [2.24, 2.45) is 0 Å². The van der Waals surface area contributed by atoms with Crippen LogP contribution < -0.4 is 4.74 Å². The van der Waals surface area contributed by atoms with Crippen LogP contribution in [0.3, 0.4) is 0 Å². The lowest BCUT2D eigenvalue weighted by atomic mass is 10.3. The van der Waals surface area contributed by atoms with Gasteiger partial charge in [-0.25, -0.2) is 0 Å². The Morgan fingerprint density at radius 2 is 1.74 bits per heavy atom. The van der Waals surface area contributed by atoms with E-state index in [0.29, 0.717) is 18.2 Å². The second-order valence-corrected chi connectivity index (χ2v) is 4.12. The third-order valence-electron chi connectivity index (χ3n) is 1.59. The lowest BCUT2D eigenvalue weighted by molar-refractivity contribution is -0.388. The van der Waals surface area contributed by atoms with E-state index in [2.05, 4.69) is 4.74 Å². The molecule has 4 nitrogen and oxygen atoms in total. The Bertz CT molecular complexity index is 486. The number of nitrogens with zero attached hydrogens (tertiary/aromatic N) is 1. The summed E-state index contributed by atoms with van der Waals surface area (Å²) in [6, 6.07) is 1.50. The van der Waals surface area contributed by atoms with Gasteiger partial charge in [-0.2, -0.15) is 13.2 Å². The van der Waals surface area contributed by atoms with Gasteiger partial charge in [-0.3, -0.25) is 10.1 Å². The molecule has 11 heteroatoms. The standard InChI is InChI=1S/C8H3F6NO3S/c9-7(10,11)18-6-3-4(19-8(12,13)14)1-2-5(6)15(16)17/h1-3H. The normalized spacial score (nSPS) is 12.3. The summed E-state index contributed by atoms with van der Waals surface area (Å²) < 4.78 is 75.4. The number of ether oxygens (including phenoxy) is 1. The Balaban J connectivity index is 3.15. The molecule has 0 heterocycles. The quantitative estimate of drug-likeness (QED) is 0.365. The number of hydrogen-bond donors (Lipinski definition) is 0. The highest BCUT2D eigenvalue weighted by Crippen LogP contribution is 2.41. The average molecular weight is 307 g/mol. The molecule has 19 heavy (non-hydrogen) atoms. The second kappa shape index (κ2) is 5.15. The molecule has 1 aromatic carbocycles. The minimum Gasteiger partial charge on any atom is -0.398 e. The van der Waals surface area contributed by atoms with Crippen molar-refractivity contribution >= 4 is 17.4 Å². The van der Waals surface area contributed by atoms with E-state index in [-0.39, 0.29) is 0 Å². The summed E-state index contributed by atoms with van der Waals surface area (Å²) in [5.74, 6) is -1.30. The van der Waals surface area contributed by atoms with Crippen LogP contribution in [-0.4, -0.2) is 16.8 Å². The molecule has 0 atom stereocenters. The molecule has 0 fully saturated rings. The van der Waals surface area contributed by atoms with Crippen molar-refractivity contribution in [2.75, 3.05) is 0 Å². The van der Waals surface area contributed by atoms with Crippen molar-refractivity contribution in [3.05, 3.63) is 28.3 Å². The van der Waals surface area contributed by atoms with Gasteiger partial charge in [-0.1, -0.05) is 0 Å². The van der Waals surface area contributed by atoms with Gasteiger partial charge in [0.15, 0.2) is 0 Å². The number of halogens is 6. The number of benzene rings is 1. The third kappa shape index (κ3) is 5.24. The molecule has 0 aliphatic heterocycles. The van der Waals surface area contributed by atoms with Crippen LogP contribution in [0.2, 0.25) is 0 Å². The van der Waals surface area contributed by atoms with Gasteiger partial charge in [0.2, 0.25) is 5.75 Å². The monoisotopic (exact) mass is 307 g/mol. The van der Waals surface area contributed by atoms with Crippen LogP contribution in [0.5, 0.6) is 5.75 Å². The van der Waals surface area contributed by atoms with Crippen LogP contribution in [0.15, 0.2) is 23.1 Å². The number of hydrogen-bond acceptors (Lipinski definition) is 4. The van der Waals surface area contributed by atoms with Gasteiger partial charge < -0.3 is 4.74 Å². The summed E-state index contributed by atoms with van der Waals surface area (Å²) in [4.78, 5) is 8.59. The van der Waals surface area contributed by atoms with Gasteiger partial charge in [0.05, 0.1) is 4.92 Å². The zero-order valence-corrected chi connectivity index (χ0v) is 9.40. The minimum absolute atomic E-state index is 0.309. The molecule has 0 unspecified atom stereocenters. The Kier molecular flexibility index (Phi) is 4.18. The molecule has 106 valence electrons. The zero-order chi connectivity index (χ0) is 14.8. The molecule has 0 aromatic heterocycles. The fourth-order valence-electron chi connectivity index (χ4n) is 1.05. The SMILES string of the molecule is O=[N+]([O-])c1ccc(SC(F)(F)F)cc1OC(F)(F)F. The predicted molar refractivity (Wildman–Crippen MR) is 51.7 cm³/mol. The maximum absolute atomic E-state index is 12.0. The molecule has 0 aliphatic rings. The molecule has 0 amide bonds. The van der Waals surface area contributed by atoms with Crippen molar-refractivity contribution in [3.63, 3.8) is 0 Å². The van der Waals surface area contributed by atoms with Gasteiger partial charge in [0.25, 0.3) is 0 Å². The van der Waals surface area contributed by atoms with Crippen LogP contribution in [0.25, 0.3) is 0 Å². The highest BCUT2D eigenvalue weighted by atomic mass is 32.2. The summed E-state index contributed by atoms with van der Waals surface area (Å²) in [5, 5.41) is 10.4. The summed E-state index contributed by atoms with van der Waals surface area (Å²) in [6.07, 6.45) is -5.24. The Hall–Kier alpha value is -1.65. The summed E-state index contributed by atoms with van der Waals surface area (Å²) in [5.41, 5.74) is -5.81. The smallest absolute Gasteiger partial charge is 0.398 e. The minimum atomic E-state index is -5.24. The highest BCUT2D eigenvalue weighted by Gasteiger charge is 2.36. The van der Waals surface area contributed by atoms with Crippen molar-refractivity contribution in [1.29, 1.82) is 0 Å². The van der Waals surface area contributed by atoms with Crippen molar-refractivity contribution in [2.45, 2.75) is 16.8 Å². The van der Waals surface area contributed by atoms with Gasteiger partial charge in [0, 0.05) is 17.0 Å². The van der Waals surface area contributed by atoms with Crippen LogP contribution >= 0.6 is 11.8 Å². The molecule has 1 aromatic rings. The maximum atomic E-state index is 12.0. The number of thioether (sulfide) groups is 1. The topological polar surface area (TPSA) is 52.4 Å². The van der Waals surface area contributed by atoms with E-state index < -0.39 is 44.9 Å². The van der Waals surface area contributed by atoms with Crippen molar-refractivity contribution in [1.82, 2.24) is 0 Å². The molecule has 0 aliphatic carbocycles. The molecule has 0 saturated carbocycles. The molecular formula is C8H3F6NO3S. The van der Waals surface area contributed by atoms with Gasteiger partial charge in [-0.15, -0.1) is 13.2 Å². The Morgan fingerprint density at radius 3 is 2.16 bits per heavy atom. The molecule has 0 N–H and O–H groups in total. The van der Waals surface area contributed by atoms with Crippen molar-refractivity contribution < 1.29 is 36.0 Å². The first kappa shape index (κ1) is 15.4. The Morgan fingerprint density at radius 1 is 1.16 bits per heavy atom. The first-order chi connectivity index (χ1) is 8.48. The lowest BCUT2D eigenvalue weighted by Gasteiger charge is -2.11. The van der Waals surface area contributed by atoms with Crippen LogP contribution in [0, 0.1) is 10.1 Å². The molecule has 0 radical (unpaired) electrons. The third-order valence-corrected chi connectivity index (χ3v) is 2.31. The molecular weight excluding hydrogens is 304 g/mol. The van der Waals surface area contributed by atoms with E-state index in [0.717, 1.165) is 0 Å². The predicted octanol–water partition coefficient (Wildman–Crippen LogP) is 4.11. The van der Waals surface area contributed by atoms with Crippen LogP contribution in [-0.2, 0) is 0 Å². The zero-order valence-electron chi connectivity index (χ0n) is 8.58. The molecule has 1 rings (SSSR count). The number of nitro benzene ring substituents is 1. The van der Waals surface area contributed by atoms with Gasteiger partial charge >= 0.3 is 17.6 Å². The van der Waals surface area contributed by atoms with Crippen LogP contribution in [0.4, 0.5) is 32.0 Å². The average Bonchev–Trinajstić information content (AvgIpc) is 2.11. The Labute approximate surface area is 105 Å².